The van der Waals surface area contributed by atoms with Crippen LogP contribution in [0.25, 0.3) is 0 Å². The SMILES string of the molecule is CN(/N=C1/CC/C(=N\N(C)[Si](C)(C)C)C/C1=N\N(C)[Si](C)(C)C)[Si](C)(C)C. The first kappa shape index (κ1) is 24.1. The number of hydrogen-bond donors (Lipinski definition) is 0. The Morgan fingerprint density at radius 2 is 0.926 bits per heavy atom. The molecule has 0 bridgehead atoms. The van der Waals surface area contributed by atoms with Crippen LogP contribution in [0.1, 0.15) is 19.3 Å². The second-order valence-corrected chi connectivity index (χ2v) is 25.5. The van der Waals surface area contributed by atoms with E-state index in [-0.39, 0.29) is 0 Å². The van der Waals surface area contributed by atoms with Crippen LogP contribution in [0.3, 0.4) is 0 Å². The summed E-state index contributed by atoms with van der Waals surface area (Å²) in [5.41, 5.74) is 3.47. The van der Waals surface area contributed by atoms with Crippen LogP contribution in [0.15, 0.2) is 15.3 Å². The monoisotopic (exact) mass is 426 g/mol. The lowest BCUT2D eigenvalue weighted by molar-refractivity contribution is 0.536. The molecule has 0 radical (unpaired) electrons. The first-order chi connectivity index (χ1) is 12.0. The molecular formula is C18H42N6Si3. The lowest BCUT2D eigenvalue weighted by Crippen LogP contribution is -2.44. The Balaban J connectivity index is 3.23. The van der Waals surface area contributed by atoms with Crippen LogP contribution in [0.2, 0.25) is 58.9 Å². The summed E-state index contributed by atoms with van der Waals surface area (Å²) in [6, 6.07) is 0. The Bertz CT molecular complexity index is 608. The summed E-state index contributed by atoms with van der Waals surface area (Å²) in [4.78, 5) is 0. The van der Waals surface area contributed by atoms with Gasteiger partial charge in [0.25, 0.3) is 0 Å². The molecule has 0 unspecified atom stereocenters. The van der Waals surface area contributed by atoms with Gasteiger partial charge in [0, 0.05) is 33.3 Å². The van der Waals surface area contributed by atoms with Gasteiger partial charge in [0.05, 0.1) is 11.4 Å². The van der Waals surface area contributed by atoms with Crippen LogP contribution in [-0.4, -0.2) is 77.0 Å². The molecular weight excluding hydrogens is 384 g/mol. The molecule has 0 saturated heterocycles. The van der Waals surface area contributed by atoms with Crippen LogP contribution in [0, 0.1) is 0 Å². The molecule has 0 aliphatic heterocycles. The molecule has 0 aromatic rings. The van der Waals surface area contributed by atoms with E-state index >= 15 is 0 Å². The average Bonchev–Trinajstić information content (AvgIpc) is 2.46. The lowest BCUT2D eigenvalue weighted by atomic mass is 9.94. The second-order valence-electron chi connectivity index (χ2n) is 10.5. The van der Waals surface area contributed by atoms with Crippen molar-refractivity contribution in [3.05, 3.63) is 0 Å². The van der Waals surface area contributed by atoms with Crippen molar-refractivity contribution in [2.45, 2.75) is 78.2 Å². The molecule has 0 heterocycles. The molecule has 0 spiro atoms. The van der Waals surface area contributed by atoms with Gasteiger partial charge in [-0.2, -0.15) is 15.3 Å². The molecule has 1 aliphatic carbocycles. The predicted molar refractivity (Wildman–Crippen MR) is 129 cm³/mol. The highest BCUT2D eigenvalue weighted by Gasteiger charge is 2.28. The van der Waals surface area contributed by atoms with Crippen LogP contribution < -0.4 is 0 Å². The normalized spacial score (nSPS) is 21.1. The van der Waals surface area contributed by atoms with Crippen LogP contribution >= 0.6 is 0 Å². The summed E-state index contributed by atoms with van der Waals surface area (Å²) in [7, 11) is 1.96. The molecule has 1 fully saturated rings. The Labute approximate surface area is 170 Å². The zero-order valence-electron chi connectivity index (χ0n) is 19.8. The molecule has 1 rings (SSSR count). The minimum Gasteiger partial charge on any atom is -0.328 e. The maximum Gasteiger partial charge on any atom is 0.168 e. The first-order valence-electron chi connectivity index (χ1n) is 9.95. The van der Waals surface area contributed by atoms with Crippen molar-refractivity contribution >= 4 is 41.8 Å². The van der Waals surface area contributed by atoms with E-state index in [1.807, 2.05) is 0 Å². The van der Waals surface area contributed by atoms with Gasteiger partial charge >= 0.3 is 0 Å². The zero-order valence-corrected chi connectivity index (χ0v) is 22.8. The van der Waals surface area contributed by atoms with Gasteiger partial charge in [0.15, 0.2) is 24.7 Å². The molecule has 27 heavy (non-hydrogen) atoms. The van der Waals surface area contributed by atoms with Crippen molar-refractivity contribution in [3.63, 3.8) is 0 Å². The van der Waals surface area contributed by atoms with E-state index in [1.165, 1.54) is 5.71 Å². The van der Waals surface area contributed by atoms with Crippen molar-refractivity contribution in [1.29, 1.82) is 0 Å². The predicted octanol–water partition coefficient (Wildman–Crippen LogP) is 4.54. The highest BCUT2D eigenvalue weighted by atomic mass is 28.3. The average molecular weight is 427 g/mol. The van der Waals surface area contributed by atoms with E-state index in [0.717, 1.165) is 30.7 Å². The first-order valence-corrected chi connectivity index (χ1v) is 20.3. The molecule has 1 saturated carbocycles. The molecule has 0 amide bonds. The van der Waals surface area contributed by atoms with Gasteiger partial charge in [0.1, 0.15) is 0 Å². The third-order valence-corrected chi connectivity index (χ3v) is 11.2. The number of hydrazone groups is 3. The molecule has 0 atom stereocenters. The van der Waals surface area contributed by atoms with E-state index in [4.69, 9.17) is 15.3 Å². The number of hydrogen-bond acceptors (Lipinski definition) is 6. The van der Waals surface area contributed by atoms with Crippen molar-refractivity contribution in [1.82, 2.24) is 14.0 Å². The highest BCUT2D eigenvalue weighted by molar-refractivity contribution is 6.74. The lowest BCUT2D eigenvalue weighted by Gasteiger charge is -2.33. The summed E-state index contributed by atoms with van der Waals surface area (Å²) in [6.45, 7) is 20.9. The van der Waals surface area contributed by atoms with Crippen LogP contribution in [0.4, 0.5) is 0 Å². The van der Waals surface area contributed by atoms with Gasteiger partial charge < -0.3 is 14.0 Å². The minimum absolute atomic E-state index is 0.808. The molecule has 6 nitrogen and oxygen atoms in total. The summed E-state index contributed by atoms with van der Waals surface area (Å²) in [5, 5.41) is 15.0. The maximum atomic E-state index is 5.03. The third kappa shape index (κ3) is 7.53. The van der Waals surface area contributed by atoms with Crippen molar-refractivity contribution < 1.29 is 0 Å². The Hall–Kier alpha value is -0.939. The number of nitrogens with zero attached hydrogens (tertiary/aromatic N) is 6. The molecule has 0 aromatic heterocycles. The van der Waals surface area contributed by atoms with Gasteiger partial charge in [-0.05, 0) is 12.8 Å². The van der Waals surface area contributed by atoms with Crippen molar-refractivity contribution in [2.24, 2.45) is 15.3 Å². The summed E-state index contributed by atoms with van der Waals surface area (Å²) >= 11 is 0. The zero-order chi connectivity index (χ0) is 21.2. The topological polar surface area (TPSA) is 46.8 Å². The standard InChI is InChI=1S/C18H42N6Si3/c1-22(25(4,5)6)19-16-13-14-17(20-23(2)26(7,8)9)18(15-16)21-24(3)27(10,11)12/h13-15H2,1-12H3/b19-16+,20-17-,21-18+. The Morgan fingerprint density at radius 3 is 1.33 bits per heavy atom. The smallest absolute Gasteiger partial charge is 0.168 e. The van der Waals surface area contributed by atoms with E-state index in [0.29, 0.717) is 0 Å². The van der Waals surface area contributed by atoms with Crippen LogP contribution in [0.5, 0.6) is 0 Å². The van der Waals surface area contributed by atoms with Crippen molar-refractivity contribution in [2.75, 3.05) is 21.1 Å². The van der Waals surface area contributed by atoms with Crippen molar-refractivity contribution in [3.8, 4) is 0 Å². The van der Waals surface area contributed by atoms with Gasteiger partial charge in [0.2, 0.25) is 0 Å². The van der Waals surface area contributed by atoms with Crippen LogP contribution in [-0.2, 0) is 0 Å². The Kier molecular flexibility index (Phi) is 7.68. The third-order valence-electron chi connectivity index (χ3n) is 5.10. The summed E-state index contributed by atoms with van der Waals surface area (Å²) in [6.07, 6.45) is 2.70. The van der Waals surface area contributed by atoms with E-state index in [2.05, 4.69) is 94.1 Å². The molecule has 9 heteroatoms. The van der Waals surface area contributed by atoms with E-state index in [1.54, 1.807) is 0 Å². The fraction of sp³-hybridized carbons (Fsp3) is 0.833. The minimum atomic E-state index is -1.49. The number of rotatable bonds is 6. The molecule has 1 aliphatic rings. The fourth-order valence-electron chi connectivity index (χ4n) is 2.10. The highest BCUT2D eigenvalue weighted by Crippen LogP contribution is 2.19. The fourth-order valence-corrected chi connectivity index (χ4v) is 3.38. The quantitative estimate of drug-likeness (QED) is 0.463. The maximum absolute atomic E-state index is 5.03. The summed E-state index contributed by atoms with van der Waals surface area (Å²) in [5.74, 6) is 0. The van der Waals surface area contributed by atoms with Gasteiger partial charge in [-0.3, -0.25) is 0 Å². The van der Waals surface area contributed by atoms with Gasteiger partial charge in [-0.25, -0.2) is 0 Å². The van der Waals surface area contributed by atoms with E-state index in [9.17, 15) is 0 Å². The Morgan fingerprint density at radius 1 is 0.556 bits per heavy atom. The molecule has 0 aromatic carbocycles. The van der Waals surface area contributed by atoms with Gasteiger partial charge in [-0.1, -0.05) is 58.9 Å². The molecule has 156 valence electrons. The second kappa shape index (κ2) is 8.61. The largest absolute Gasteiger partial charge is 0.328 e. The van der Waals surface area contributed by atoms with E-state index < -0.39 is 24.7 Å². The molecule has 0 N–H and O–H groups in total. The summed E-state index contributed by atoms with van der Waals surface area (Å²) < 4.78 is 6.60. The van der Waals surface area contributed by atoms with Gasteiger partial charge in [-0.15, -0.1) is 0 Å².